The lowest BCUT2D eigenvalue weighted by Crippen LogP contribution is -2.47. The minimum atomic E-state index is 0.161. The number of rotatable bonds is 3. The molecular formula is C22H33NO2. The Balaban J connectivity index is 1.86. The molecule has 0 radical (unpaired) electrons. The van der Waals surface area contributed by atoms with Crippen LogP contribution >= 0.6 is 0 Å². The van der Waals surface area contributed by atoms with Gasteiger partial charge >= 0.3 is 0 Å². The highest BCUT2D eigenvalue weighted by atomic mass is 16.5. The van der Waals surface area contributed by atoms with Crippen molar-refractivity contribution >= 4 is 0 Å². The molecule has 0 aliphatic heterocycles. The molecule has 5 atom stereocenters. The fourth-order valence-corrected chi connectivity index (χ4v) is 6.68. The summed E-state index contributed by atoms with van der Waals surface area (Å²) in [6.45, 7) is 2.35. The average Bonchev–Trinajstić information content (AvgIpc) is 2.79. The van der Waals surface area contributed by atoms with Gasteiger partial charge in [0, 0.05) is 17.0 Å². The number of benzene rings is 1. The van der Waals surface area contributed by atoms with E-state index in [0.717, 1.165) is 24.2 Å². The normalized spacial score (nSPS) is 36.9. The SMILES string of the molecule is CCC1C[C@@H]2[C@H]3CCC[C@]2(CC[C@@H]1NC)c1c(ccc(OC)c1O)C3. The first-order valence-corrected chi connectivity index (χ1v) is 10.2. The molecule has 2 fully saturated rings. The second-order valence-electron chi connectivity index (χ2n) is 8.61. The maximum absolute atomic E-state index is 11.1. The van der Waals surface area contributed by atoms with Crippen LogP contribution in [0.25, 0.3) is 0 Å². The minimum absolute atomic E-state index is 0.161. The van der Waals surface area contributed by atoms with Crippen molar-refractivity contribution < 1.29 is 9.84 Å². The first-order chi connectivity index (χ1) is 12.1. The van der Waals surface area contributed by atoms with Gasteiger partial charge in [-0.1, -0.05) is 25.8 Å². The van der Waals surface area contributed by atoms with Gasteiger partial charge in [0.15, 0.2) is 11.5 Å². The lowest BCUT2D eigenvalue weighted by atomic mass is 9.51. The number of fused-ring (bicyclic) bond motifs is 1. The summed E-state index contributed by atoms with van der Waals surface area (Å²) in [7, 11) is 3.79. The van der Waals surface area contributed by atoms with Gasteiger partial charge in [0.25, 0.3) is 0 Å². The van der Waals surface area contributed by atoms with E-state index in [1.165, 1.54) is 56.1 Å². The van der Waals surface area contributed by atoms with Gasteiger partial charge in [-0.05, 0) is 75.0 Å². The van der Waals surface area contributed by atoms with Crippen LogP contribution in [0.2, 0.25) is 0 Å². The quantitative estimate of drug-likeness (QED) is 0.854. The fourth-order valence-electron chi connectivity index (χ4n) is 6.68. The van der Waals surface area contributed by atoms with Gasteiger partial charge in [-0.3, -0.25) is 0 Å². The monoisotopic (exact) mass is 343 g/mol. The minimum Gasteiger partial charge on any atom is -0.504 e. The van der Waals surface area contributed by atoms with Gasteiger partial charge in [-0.15, -0.1) is 0 Å². The molecule has 2 saturated carbocycles. The highest BCUT2D eigenvalue weighted by Crippen LogP contribution is 2.61. The number of hydrogen-bond donors (Lipinski definition) is 2. The maximum atomic E-state index is 11.1. The zero-order chi connectivity index (χ0) is 17.6. The molecule has 4 rings (SSSR count). The largest absolute Gasteiger partial charge is 0.504 e. The van der Waals surface area contributed by atoms with Crippen LogP contribution in [0, 0.1) is 17.8 Å². The van der Waals surface area contributed by atoms with Crippen LogP contribution in [0.4, 0.5) is 0 Å². The summed E-state index contributed by atoms with van der Waals surface area (Å²) in [4.78, 5) is 0. The number of nitrogens with one attached hydrogen (secondary N) is 1. The summed E-state index contributed by atoms with van der Waals surface area (Å²) in [5.41, 5.74) is 2.79. The number of aromatic hydroxyl groups is 1. The summed E-state index contributed by atoms with van der Waals surface area (Å²) in [5.74, 6) is 3.35. The Morgan fingerprint density at radius 1 is 1.28 bits per heavy atom. The summed E-state index contributed by atoms with van der Waals surface area (Å²) < 4.78 is 5.48. The molecule has 3 aliphatic carbocycles. The molecule has 0 saturated heterocycles. The van der Waals surface area contributed by atoms with Crippen molar-refractivity contribution in [3.05, 3.63) is 23.3 Å². The van der Waals surface area contributed by atoms with E-state index in [1.54, 1.807) is 7.11 Å². The fraction of sp³-hybridized carbons (Fsp3) is 0.727. The van der Waals surface area contributed by atoms with Crippen LogP contribution in [0.15, 0.2) is 12.1 Å². The number of methoxy groups -OCH3 is 1. The molecule has 0 spiro atoms. The van der Waals surface area contributed by atoms with Crippen LogP contribution in [-0.2, 0) is 11.8 Å². The molecule has 0 amide bonds. The Morgan fingerprint density at radius 2 is 2.12 bits per heavy atom. The van der Waals surface area contributed by atoms with Crippen molar-refractivity contribution in [2.24, 2.45) is 17.8 Å². The van der Waals surface area contributed by atoms with Crippen molar-refractivity contribution in [3.63, 3.8) is 0 Å². The second-order valence-corrected chi connectivity index (χ2v) is 8.61. The van der Waals surface area contributed by atoms with E-state index in [-0.39, 0.29) is 5.41 Å². The van der Waals surface area contributed by atoms with Crippen molar-refractivity contribution in [2.45, 2.75) is 69.7 Å². The first-order valence-electron chi connectivity index (χ1n) is 10.2. The molecule has 3 nitrogen and oxygen atoms in total. The van der Waals surface area contributed by atoms with Crippen LogP contribution in [-0.4, -0.2) is 25.3 Å². The zero-order valence-corrected chi connectivity index (χ0v) is 16.0. The Hall–Kier alpha value is -1.22. The molecule has 25 heavy (non-hydrogen) atoms. The summed E-state index contributed by atoms with van der Waals surface area (Å²) >= 11 is 0. The van der Waals surface area contributed by atoms with Gasteiger partial charge in [-0.25, -0.2) is 0 Å². The predicted molar refractivity (Wildman–Crippen MR) is 101 cm³/mol. The number of phenols is 1. The first kappa shape index (κ1) is 17.2. The smallest absolute Gasteiger partial charge is 0.161 e. The molecule has 3 aliphatic rings. The van der Waals surface area contributed by atoms with Crippen LogP contribution < -0.4 is 10.1 Å². The highest BCUT2D eigenvalue weighted by Gasteiger charge is 2.54. The van der Waals surface area contributed by atoms with Crippen LogP contribution in [0.3, 0.4) is 0 Å². The van der Waals surface area contributed by atoms with Crippen molar-refractivity contribution in [1.29, 1.82) is 0 Å². The molecule has 138 valence electrons. The van der Waals surface area contributed by atoms with Crippen molar-refractivity contribution in [2.75, 3.05) is 14.2 Å². The maximum Gasteiger partial charge on any atom is 0.161 e. The van der Waals surface area contributed by atoms with E-state index in [9.17, 15) is 5.11 Å². The molecule has 2 bridgehead atoms. The third-order valence-corrected chi connectivity index (χ3v) is 7.83. The summed E-state index contributed by atoms with van der Waals surface area (Å²) in [6, 6.07) is 4.80. The second kappa shape index (κ2) is 6.50. The van der Waals surface area contributed by atoms with E-state index in [4.69, 9.17) is 4.74 Å². The van der Waals surface area contributed by atoms with E-state index in [1.807, 2.05) is 6.07 Å². The highest BCUT2D eigenvalue weighted by molar-refractivity contribution is 5.55. The van der Waals surface area contributed by atoms with E-state index >= 15 is 0 Å². The van der Waals surface area contributed by atoms with E-state index < -0.39 is 0 Å². The van der Waals surface area contributed by atoms with Gasteiger partial charge in [0.05, 0.1) is 7.11 Å². The zero-order valence-electron chi connectivity index (χ0n) is 16.0. The predicted octanol–water partition coefficient (Wildman–Crippen LogP) is 4.41. The van der Waals surface area contributed by atoms with Crippen LogP contribution in [0.5, 0.6) is 11.5 Å². The Morgan fingerprint density at radius 3 is 2.84 bits per heavy atom. The molecule has 0 aromatic heterocycles. The topological polar surface area (TPSA) is 41.5 Å². The number of ether oxygens (including phenoxy) is 1. The molecule has 1 unspecified atom stereocenters. The van der Waals surface area contributed by atoms with Crippen molar-refractivity contribution in [1.82, 2.24) is 5.32 Å². The Kier molecular flexibility index (Phi) is 4.47. The molecule has 3 heteroatoms. The van der Waals surface area contributed by atoms with Gasteiger partial charge in [0.2, 0.25) is 0 Å². The van der Waals surface area contributed by atoms with Gasteiger partial charge in [-0.2, -0.15) is 0 Å². The summed E-state index contributed by atoms with van der Waals surface area (Å²) in [5, 5.41) is 14.7. The number of hydrogen-bond acceptors (Lipinski definition) is 3. The Labute approximate surface area is 152 Å². The third-order valence-electron chi connectivity index (χ3n) is 7.83. The molecule has 2 N–H and O–H groups in total. The lowest BCUT2D eigenvalue weighted by Gasteiger charge is -2.53. The van der Waals surface area contributed by atoms with E-state index in [0.29, 0.717) is 17.5 Å². The van der Waals surface area contributed by atoms with Gasteiger partial charge < -0.3 is 15.2 Å². The lowest BCUT2D eigenvalue weighted by molar-refractivity contribution is 0.0747. The molecule has 1 aromatic carbocycles. The van der Waals surface area contributed by atoms with Gasteiger partial charge in [0.1, 0.15) is 0 Å². The molecular weight excluding hydrogens is 310 g/mol. The summed E-state index contributed by atoms with van der Waals surface area (Å²) in [6.07, 6.45) is 10.0. The standard InChI is InChI=1S/C22H33NO2/c1-4-14-13-17-15-6-5-10-22(17,11-9-18(14)23-2)20-16(12-15)7-8-19(25-3)21(20)24/h7-8,14-15,17-18,23-24H,4-6,9-13H2,1-3H3/t14?,15-,17+,18-,22+/m0/s1. The molecule has 1 aromatic rings. The van der Waals surface area contributed by atoms with Crippen molar-refractivity contribution in [3.8, 4) is 11.5 Å². The third kappa shape index (κ3) is 2.50. The van der Waals surface area contributed by atoms with Crippen LogP contribution in [0.1, 0.15) is 63.0 Å². The molecule has 0 heterocycles. The average molecular weight is 344 g/mol. The number of phenolic OH excluding ortho intramolecular Hbond substituents is 1. The van der Waals surface area contributed by atoms with E-state index in [2.05, 4.69) is 25.4 Å². The Bertz CT molecular complexity index is 643.